The molecule has 1 unspecified atom stereocenters. The standard InChI is InChI=1S/C24H29Cl2N3O6/c1-6-32-16-12-17(26)23(35-9-4)18(13-16)27-24(31)21(14(5)30)28-29-22-19(33-7-2)10-15(25)11-20(22)34-8-3/h10-13,21H,6-9H2,1-5H3,(H,27,31). The van der Waals surface area contributed by atoms with Crippen molar-refractivity contribution in [3.05, 3.63) is 34.3 Å². The van der Waals surface area contributed by atoms with Gasteiger partial charge in [-0.05, 0) is 34.6 Å². The van der Waals surface area contributed by atoms with E-state index < -0.39 is 17.7 Å². The highest BCUT2D eigenvalue weighted by molar-refractivity contribution is 6.33. The summed E-state index contributed by atoms with van der Waals surface area (Å²) in [6.07, 6.45) is 0. The van der Waals surface area contributed by atoms with Crippen LogP contribution in [0.3, 0.4) is 0 Å². The maximum Gasteiger partial charge on any atom is 0.258 e. The molecule has 0 saturated carbocycles. The van der Waals surface area contributed by atoms with Gasteiger partial charge in [-0.2, -0.15) is 5.11 Å². The number of ketones is 1. The lowest BCUT2D eigenvalue weighted by atomic mass is 10.2. The van der Waals surface area contributed by atoms with Crippen LogP contribution in [0.15, 0.2) is 34.5 Å². The van der Waals surface area contributed by atoms with Crippen molar-refractivity contribution in [2.75, 3.05) is 31.7 Å². The largest absolute Gasteiger partial charge is 0.494 e. The van der Waals surface area contributed by atoms with Gasteiger partial charge in [-0.15, -0.1) is 5.11 Å². The third-order valence-electron chi connectivity index (χ3n) is 4.39. The summed E-state index contributed by atoms with van der Waals surface area (Å²) in [5.41, 5.74) is 0.458. The number of anilines is 1. The van der Waals surface area contributed by atoms with E-state index in [9.17, 15) is 9.59 Å². The summed E-state index contributed by atoms with van der Waals surface area (Å²) in [5, 5.41) is 11.4. The van der Waals surface area contributed by atoms with Gasteiger partial charge in [-0.1, -0.05) is 23.2 Å². The SMILES string of the molecule is CCOc1cc(Cl)c(OCC)c(NC(=O)C(N=Nc2c(OCC)cc(Cl)cc2OCC)C(C)=O)c1. The number of halogens is 2. The third kappa shape index (κ3) is 7.73. The Kier molecular flexibility index (Phi) is 11.1. The van der Waals surface area contributed by atoms with Gasteiger partial charge >= 0.3 is 0 Å². The normalized spacial score (nSPS) is 11.7. The fourth-order valence-corrected chi connectivity index (χ4v) is 3.48. The first-order valence-corrected chi connectivity index (χ1v) is 11.9. The summed E-state index contributed by atoms with van der Waals surface area (Å²) in [6, 6.07) is 4.80. The molecule has 0 aliphatic heterocycles. The number of carbonyl (C=O) groups excluding carboxylic acids is 2. The third-order valence-corrected chi connectivity index (χ3v) is 4.88. The second kappa shape index (κ2) is 13.7. The molecule has 1 amide bonds. The van der Waals surface area contributed by atoms with E-state index in [1.54, 1.807) is 45.0 Å². The fraction of sp³-hybridized carbons (Fsp3) is 0.417. The minimum atomic E-state index is -1.46. The Balaban J connectivity index is 2.43. The van der Waals surface area contributed by atoms with Gasteiger partial charge in [0.2, 0.25) is 6.04 Å². The number of Topliss-reactive ketones (excluding diaryl/α,β-unsaturated/α-hetero) is 1. The minimum absolute atomic E-state index is 0.216. The molecule has 0 heterocycles. The van der Waals surface area contributed by atoms with E-state index >= 15 is 0 Å². The molecule has 1 atom stereocenters. The van der Waals surface area contributed by atoms with Crippen molar-refractivity contribution in [3.63, 3.8) is 0 Å². The molecule has 2 aromatic carbocycles. The number of azo groups is 1. The average molecular weight is 526 g/mol. The van der Waals surface area contributed by atoms with Crippen LogP contribution in [0.5, 0.6) is 23.0 Å². The maximum absolute atomic E-state index is 13.1. The number of amides is 1. The molecule has 0 saturated heterocycles. The van der Waals surface area contributed by atoms with E-state index in [4.69, 9.17) is 42.1 Å². The van der Waals surface area contributed by atoms with Crippen LogP contribution in [0.2, 0.25) is 10.0 Å². The lowest BCUT2D eigenvalue weighted by molar-refractivity contribution is -0.126. The van der Waals surface area contributed by atoms with Crippen LogP contribution >= 0.6 is 23.2 Å². The molecule has 190 valence electrons. The van der Waals surface area contributed by atoms with E-state index in [1.807, 2.05) is 6.92 Å². The van der Waals surface area contributed by atoms with Crippen LogP contribution in [0, 0.1) is 0 Å². The molecule has 11 heteroatoms. The highest BCUT2D eigenvalue weighted by Crippen LogP contribution is 2.41. The fourth-order valence-electron chi connectivity index (χ4n) is 3.02. The monoisotopic (exact) mass is 525 g/mol. The van der Waals surface area contributed by atoms with Crippen molar-refractivity contribution >= 4 is 46.3 Å². The van der Waals surface area contributed by atoms with Crippen molar-refractivity contribution in [1.82, 2.24) is 0 Å². The summed E-state index contributed by atoms with van der Waals surface area (Å²) in [5.74, 6) is 0.0498. The average Bonchev–Trinajstić information content (AvgIpc) is 2.78. The first kappa shape index (κ1) is 28.2. The lowest BCUT2D eigenvalue weighted by Gasteiger charge is -2.17. The predicted octanol–water partition coefficient (Wildman–Crippen LogP) is 6.27. The topological polar surface area (TPSA) is 108 Å². The van der Waals surface area contributed by atoms with Gasteiger partial charge in [0.15, 0.2) is 28.7 Å². The molecular formula is C24H29Cl2N3O6. The Morgan fingerprint density at radius 1 is 0.886 bits per heavy atom. The van der Waals surface area contributed by atoms with Gasteiger partial charge in [0.25, 0.3) is 5.91 Å². The molecule has 9 nitrogen and oxygen atoms in total. The number of nitrogens with zero attached hydrogens (tertiary/aromatic N) is 2. The van der Waals surface area contributed by atoms with Crippen molar-refractivity contribution in [2.45, 2.75) is 40.7 Å². The molecule has 0 radical (unpaired) electrons. The molecule has 0 bridgehead atoms. The van der Waals surface area contributed by atoms with E-state index in [-0.39, 0.29) is 22.1 Å². The van der Waals surface area contributed by atoms with Gasteiger partial charge in [0, 0.05) is 29.3 Å². The number of hydrogen-bond acceptors (Lipinski definition) is 8. The maximum atomic E-state index is 13.1. The van der Waals surface area contributed by atoms with Crippen LogP contribution < -0.4 is 24.3 Å². The summed E-state index contributed by atoms with van der Waals surface area (Å²) < 4.78 is 22.3. The van der Waals surface area contributed by atoms with Gasteiger partial charge in [0.1, 0.15) is 5.75 Å². The molecule has 2 rings (SSSR count). The zero-order valence-electron chi connectivity index (χ0n) is 20.3. The second-order valence-electron chi connectivity index (χ2n) is 6.98. The summed E-state index contributed by atoms with van der Waals surface area (Å²) >= 11 is 12.5. The van der Waals surface area contributed by atoms with E-state index in [1.165, 1.54) is 6.92 Å². The number of rotatable bonds is 13. The smallest absolute Gasteiger partial charge is 0.258 e. The minimum Gasteiger partial charge on any atom is -0.494 e. The van der Waals surface area contributed by atoms with Crippen LogP contribution in [-0.4, -0.2) is 44.2 Å². The molecule has 2 aromatic rings. The van der Waals surface area contributed by atoms with Crippen LogP contribution in [0.1, 0.15) is 34.6 Å². The van der Waals surface area contributed by atoms with Gasteiger partial charge in [-0.3, -0.25) is 9.59 Å². The Labute approximate surface area is 214 Å². The van der Waals surface area contributed by atoms with Crippen molar-refractivity contribution < 1.29 is 28.5 Å². The van der Waals surface area contributed by atoms with E-state index in [2.05, 4.69) is 15.5 Å². The van der Waals surface area contributed by atoms with Crippen molar-refractivity contribution in [1.29, 1.82) is 0 Å². The molecule has 0 aliphatic rings. The Bertz CT molecular complexity index is 1050. The molecule has 1 N–H and O–H groups in total. The van der Waals surface area contributed by atoms with Crippen molar-refractivity contribution in [2.24, 2.45) is 10.2 Å². The summed E-state index contributed by atoms with van der Waals surface area (Å²) in [7, 11) is 0. The number of carbonyl (C=O) groups is 2. The number of nitrogens with one attached hydrogen (secondary N) is 1. The molecule has 0 aromatic heterocycles. The summed E-state index contributed by atoms with van der Waals surface area (Å²) in [4.78, 5) is 25.4. The number of hydrogen-bond donors (Lipinski definition) is 1. The molecule has 0 spiro atoms. The highest BCUT2D eigenvalue weighted by Gasteiger charge is 2.26. The Hall–Kier alpha value is -3.04. The predicted molar refractivity (Wildman–Crippen MR) is 135 cm³/mol. The first-order valence-electron chi connectivity index (χ1n) is 11.2. The second-order valence-corrected chi connectivity index (χ2v) is 7.83. The summed E-state index contributed by atoms with van der Waals surface area (Å²) in [6.45, 7) is 9.81. The quantitative estimate of drug-likeness (QED) is 0.244. The molecule has 0 fully saturated rings. The van der Waals surface area contributed by atoms with Gasteiger partial charge in [0.05, 0.1) is 37.1 Å². The Morgan fingerprint density at radius 2 is 1.46 bits per heavy atom. The molecule has 35 heavy (non-hydrogen) atoms. The van der Waals surface area contributed by atoms with Crippen LogP contribution in [0.4, 0.5) is 11.4 Å². The van der Waals surface area contributed by atoms with Crippen LogP contribution in [-0.2, 0) is 9.59 Å². The first-order chi connectivity index (χ1) is 16.7. The number of ether oxygens (including phenoxy) is 4. The van der Waals surface area contributed by atoms with Crippen molar-refractivity contribution in [3.8, 4) is 23.0 Å². The van der Waals surface area contributed by atoms with Gasteiger partial charge < -0.3 is 24.3 Å². The van der Waals surface area contributed by atoms with Crippen LogP contribution in [0.25, 0.3) is 0 Å². The van der Waals surface area contributed by atoms with E-state index in [0.29, 0.717) is 48.7 Å². The number of benzene rings is 2. The Morgan fingerprint density at radius 3 is 1.97 bits per heavy atom. The van der Waals surface area contributed by atoms with Gasteiger partial charge in [-0.25, -0.2) is 0 Å². The molecular weight excluding hydrogens is 497 g/mol. The van der Waals surface area contributed by atoms with E-state index in [0.717, 1.165) is 0 Å². The lowest BCUT2D eigenvalue weighted by Crippen LogP contribution is -2.32. The zero-order chi connectivity index (χ0) is 26.0. The zero-order valence-corrected chi connectivity index (χ0v) is 21.8. The molecule has 0 aliphatic carbocycles. The highest BCUT2D eigenvalue weighted by atomic mass is 35.5.